The van der Waals surface area contributed by atoms with Crippen molar-refractivity contribution in [2.75, 3.05) is 11.9 Å². The van der Waals surface area contributed by atoms with E-state index < -0.39 is 0 Å². The Morgan fingerprint density at radius 3 is 2.61 bits per heavy atom. The zero-order valence-electron chi connectivity index (χ0n) is 9.66. The number of carbonyl (C=O) groups is 1. The number of hydrogen-bond donors (Lipinski definition) is 1. The number of rotatable bonds is 0. The Bertz CT molecular complexity index is 525. The fourth-order valence-electron chi connectivity index (χ4n) is 1.99. The fraction of sp³-hybridized carbons (Fsp3) is 0.308. The second kappa shape index (κ2) is 5.52. The molecule has 1 aliphatic heterocycles. The van der Waals surface area contributed by atoms with Gasteiger partial charge in [0.05, 0.1) is 21.6 Å². The molecule has 0 fully saturated rings. The highest BCUT2D eigenvalue weighted by atomic mass is 35.5. The van der Waals surface area contributed by atoms with E-state index in [-0.39, 0.29) is 12.3 Å². The lowest BCUT2D eigenvalue weighted by molar-refractivity contribution is -0.117. The van der Waals surface area contributed by atoms with E-state index in [1.165, 1.54) is 0 Å². The summed E-state index contributed by atoms with van der Waals surface area (Å²) in [7, 11) is 0. The molecule has 0 bridgehead atoms. The Morgan fingerprint density at radius 2 is 1.89 bits per heavy atom. The smallest absolute Gasteiger partial charge is 0.151 e. The zero-order chi connectivity index (χ0) is 13.3. The van der Waals surface area contributed by atoms with Gasteiger partial charge in [-0.25, -0.2) is 0 Å². The Kier molecular flexibility index (Phi) is 4.21. The van der Waals surface area contributed by atoms with Gasteiger partial charge in [-0.05, 0) is 24.5 Å². The van der Waals surface area contributed by atoms with Crippen molar-refractivity contribution in [3.05, 3.63) is 33.3 Å². The second-order valence-electron chi connectivity index (χ2n) is 4.26. The first-order chi connectivity index (χ1) is 8.50. The second-order valence-corrected chi connectivity index (χ2v) is 5.42. The van der Waals surface area contributed by atoms with Gasteiger partial charge in [0, 0.05) is 17.7 Å². The van der Waals surface area contributed by atoms with Crippen molar-refractivity contribution in [2.24, 2.45) is 0 Å². The highest BCUT2D eigenvalue weighted by Crippen LogP contribution is 2.42. The number of halogens is 3. The van der Waals surface area contributed by atoms with Crippen LogP contribution in [-0.4, -0.2) is 12.3 Å². The number of carbonyl (C=O) groups excluding carboxylic acids is 1. The molecule has 0 amide bonds. The summed E-state index contributed by atoms with van der Waals surface area (Å²) in [6.45, 7) is 4.29. The van der Waals surface area contributed by atoms with Crippen LogP contribution in [0.4, 0.5) is 5.69 Å². The predicted octanol–water partition coefficient (Wildman–Crippen LogP) is 4.82. The van der Waals surface area contributed by atoms with Gasteiger partial charge in [-0.15, -0.1) is 0 Å². The van der Waals surface area contributed by atoms with E-state index in [0.29, 0.717) is 21.5 Å². The van der Waals surface area contributed by atoms with Crippen molar-refractivity contribution in [2.45, 2.75) is 19.3 Å². The van der Waals surface area contributed by atoms with E-state index in [0.717, 1.165) is 29.7 Å². The number of anilines is 1. The minimum Gasteiger partial charge on any atom is -0.377 e. The Hall–Kier alpha value is -0.700. The van der Waals surface area contributed by atoms with Crippen molar-refractivity contribution in [1.29, 1.82) is 0 Å². The average Bonchev–Trinajstić information content (AvgIpc) is 2.38. The highest BCUT2D eigenvalue weighted by molar-refractivity contribution is 6.49. The number of fused-ring (bicyclic) bond motifs is 1. The van der Waals surface area contributed by atoms with Gasteiger partial charge in [0.1, 0.15) is 0 Å². The molecule has 18 heavy (non-hydrogen) atoms. The molecule has 0 radical (unpaired) electrons. The van der Waals surface area contributed by atoms with Gasteiger partial charge in [0.15, 0.2) is 5.78 Å². The van der Waals surface area contributed by atoms with Gasteiger partial charge < -0.3 is 5.32 Å². The minimum atomic E-state index is 0.165. The maximum atomic E-state index is 11.6. The molecule has 0 saturated heterocycles. The summed E-state index contributed by atoms with van der Waals surface area (Å²) < 4.78 is 0. The van der Waals surface area contributed by atoms with Crippen LogP contribution >= 0.6 is 34.8 Å². The lowest BCUT2D eigenvalue weighted by Gasteiger charge is -2.15. The quantitative estimate of drug-likeness (QED) is 0.696. The molecule has 1 aromatic carbocycles. The van der Waals surface area contributed by atoms with Crippen LogP contribution in [0, 0.1) is 0 Å². The number of benzene rings is 1. The van der Waals surface area contributed by atoms with Crippen molar-refractivity contribution in [3.8, 4) is 0 Å². The third-order valence-electron chi connectivity index (χ3n) is 2.93. The largest absolute Gasteiger partial charge is 0.377 e. The summed E-state index contributed by atoms with van der Waals surface area (Å²) in [6, 6.07) is 1.69. The number of nitrogens with one attached hydrogen (secondary N) is 1. The average molecular weight is 305 g/mol. The van der Waals surface area contributed by atoms with E-state index in [1.807, 2.05) is 0 Å². The van der Waals surface area contributed by atoms with Crippen LogP contribution in [-0.2, 0) is 4.79 Å². The van der Waals surface area contributed by atoms with Crippen LogP contribution in [0.1, 0.15) is 24.8 Å². The molecule has 1 N–H and O–H groups in total. The van der Waals surface area contributed by atoms with Crippen molar-refractivity contribution < 1.29 is 4.79 Å². The normalized spacial score (nSPS) is 16.4. The molecule has 2 rings (SSSR count). The van der Waals surface area contributed by atoms with Crippen molar-refractivity contribution >= 4 is 51.8 Å². The van der Waals surface area contributed by atoms with Crippen LogP contribution < -0.4 is 5.32 Å². The van der Waals surface area contributed by atoms with Gasteiger partial charge in [0.25, 0.3) is 0 Å². The molecule has 1 aliphatic rings. The van der Waals surface area contributed by atoms with E-state index >= 15 is 0 Å². The maximum absolute atomic E-state index is 11.6. The zero-order valence-corrected chi connectivity index (χ0v) is 11.9. The van der Waals surface area contributed by atoms with Crippen LogP contribution in [0.25, 0.3) is 5.57 Å². The lowest BCUT2D eigenvalue weighted by atomic mass is 10.00. The topological polar surface area (TPSA) is 29.1 Å². The van der Waals surface area contributed by atoms with Gasteiger partial charge >= 0.3 is 0 Å². The molecule has 96 valence electrons. The van der Waals surface area contributed by atoms with E-state index in [1.54, 1.807) is 6.07 Å². The third-order valence-corrected chi connectivity index (χ3v) is 4.19. The lowest BCUT2D eigenvalue weighted by Crippen LogP contribution is -2.13. The van der Waals surface area contributed by atoms with E-state index in [4.69, 9.17) is 34.8 Å². The molecule has 5 heteroatoms. The Labute approximate surface area is 121 Å². The summed E-state index contributed by atoms with van der Waals surface area (Å²) in [6.07, 6.45) is 2.03. The molecular weight excluding hydrogens is 293 g/mol. The summed E-state index contributed by atoms with van der Waals surface area (Å²) in [4.78, 5) is 11.6. The number of hydrogen-bond acceptors (Lipinski definition) is 2. The number of ketones is 1. The first kappa shape index (κ1) is 13.7. The predicted molar refractivity (Wildman–Crippen MR) is 77.9 cm³/mol. The van der Waals surface area contributed by atoms with Crippen LogP contribution in [0.2, 0.25) is 15.1 Å². The van der Waals surface area contributed by atoms with Gasteiger partial charge in [-0.3, -0.25) is 4.79 Å². The van der Waals surface area contributed by atoms with Crippen LogP contribution in [0.5, 0.6) is 0 Å². The molecule has 2 nitrogen and oxygen atoms in total. The van der Waals surface area contributed by atoms with Crippen molar-refractivity contribution in [3.63, 3.8) is 0 Å². The number of allylic oxidation sites excluding steroid dienone is 1. The molecule has 0 spiro atoms. The number of Topliss-reactive ketones (excluding diaryl/α,β-unsaturated/α-hetero) is 1. The molecular formula is C13H12Cl3NO. The maximum Gasteiger partial charge on any atom is 0.151 e. The van der Waals surface area contributed by atoms with Crippen LogP contribution in [0.3, 0.4) is 0 Å². The minimum absolute atomic E-state index is 0.165. The monoisotopic (exact) mass is 303 g/mol. The third kappa shape index (κ3) is 2.66. The summed E-state index contributed by atoms with van der Waals surface area (Å²) in [5.74, 6) is 0.165. The summed E-state index contributed by atoms with van der Waals surface area (Å²) >= 11 is 18.3. The standard InChI is InChI=1S/C13H12Cl3NO/c1-7-3-2-4-8(18)6-17-10-5-9(14)12(15)13(16)11(7)10/h5,17H,1-4,6H2. The fourth-order valence-corrected chi connectivity index (χ4v) is 2.72. The van der Waals surface area contributed by atoms with Crippen molar-refractivity contribution in [1.82, 2.24) is 0 Å². The molecule has 1 aromatic rings. The molecule has 0 unspecified atom stereocenters. The Morgan fingerprint density at radius 1 is 1.17 bits per heavy atom. The van der Waals surface area contributed by atoms with Crippen LogP contribution in [0.15, 0.2) is 12.6 Å². The molecule has 1 heterocycles. The molecule has 0 atom stereocenters. The highest BCUT2D eigenvalue weighted by Gasteiger charge is 2.19. The molecule has 0 aromatic heterocycles. The first-order valence-electron chi connectivity index (χ1n) is 5.62. The van der Waals surface area contributed by atoms with Gasteiger partial charge in [-0.1, -0.05) is 41.4 Å². The molecule has 0 aliphatic carbocycles. The van der Waals surface area contributed by atoms with Gasteiger partial charge in [0.2, 0.25) is 0 Å². The summed E-state index contributed by atoms with van der Waals surface area (Å²) in [5, 5.41) is 4.14. The van der Waals surface area contributed by atoms with E-state index in [2.05, 4.69) is 11.9 Å². The first-order valence-corrected chi connectivity index (χ1v) is 6.75. The summed E-state index contributed by atoms with van der Waals surface area (Å²) in [5.41, 5.74) is 2.35. The van der Waals surface area contributed by atoms with E-state index in [9.17, 15) is 4.79 Å². The SMILES string of the molecule is C=C1CCCC(=O)CNc2cc(Cl)c(Cl)c(Cl)c21. The van der Waals surface area contributed by atoms with Gasteiger partial charge in [-0.2, -0.15) is 0 Å². The Balaban J connectivity index is 2.54. The molecule has 0 saturated carbocycles.